The normalized spacial score (nSPS) is 11.6. The number of hydrogen-bond donors (Lipinski definition) is 1. The molecule has 0 aliphatic rings. The van der Waals surface area contributed by atoms with Crippen LogP contribution < -0.4 is 10.1 Å². The highest BCUT2D eigenvalue weighted by atomic mass is 35.5. The number of amides is 1. The lowest BCUT2D eigenvalue weighted by Gasteiger charge is -2.11. The van der Waals surface area contributed by atoms with Crippen molar-refractivity contribution in [1.82, 2.24) is 14.8 Å². The summed E-state index contributed by atoms with van der Waals surface area (Å²) in [5.74, 6) is 0.648. The largest absolute Gasteiger partial charge is 0.485 e. The molecule has 0 atom stereocenters. The Morgan fingerprint density at radius 2 is 1.88 bits per heavy atom. The number of hydrogen-bond acceptors (Lipinski definition) is 5. The molecule has 0 saturated heterocycles. The van der Waals surface area contributed by atoms with Crippen molar-refractivity contribution in [2.75, 3.05) is 11.1 Å². The second kappa shape index (κ2) is 9.94. The van der Waals surface area contributed by atoms with Gasteiger partial charge in [-0.3, -0.25) is 4.79 Å². The van der Waals surface area contributed by atoms with Gasteiger partial charge in [0.1, 0.15) is 12.4 Å². The summed E-state index contributed by atoms with van der Waals surface area (Å²) in [5.41, 5.74) is -1.01. The standard InChI is InChI=1S/C23H18ClF3N4O2S/c1-31-20(12-33-19-8-4-6-14-5-2-3-7-16(14)19)29-30-22(31)34-13-21(32)28-18-11-15(23(25,26)27)9-10-17(18)24/h2-11H,12-13H2,1H3,(H,28,32). The van der Waals surface area contributed by atoms with E-state index in [0.29, 0.717) is 16.7 Å². The Labute approximate surface area is 202 Å². The van der Waals surface area contributed by atoms with E-state index in [0.717, 1.165) is 40.7 Å². The number of anilines is 1. The molecule has 4 aromatic rings. The number of thioether (sulfide) groups is 1. The number of alkyl halides is 3. The molecule has 11 heteroatoms. The summed E-state index contributed by atoms with van der Waals surface area (Å²) >= 11 is 7.02. The van der Waals surface area contributed by atoms with Gasteiger partial charge < -0.3 is 14.6 Å². The third-order valence-corrected chi connectivity index (χ3v) is 6.28. The number of fused-ring (bicyclic) bond motifs is 1. The van der Waals surface area contributed by atoms with Crippen molar-refractivity contribution in [1.29, 1.82) is 0 Å². The molecule has 4 rings (SSSR count). The highest BCUT2D eigenvalue weighted by Gasteiger charge is 2.31. The van der Waals surface area contributed by atoms with Crippen LogP contribution >= 0.6 is 23.4 Å². The number of halogens is 4. The molecule has 0 spiro atoms. The van der Waals surface area contributed by atoms with Crippen LogP contribution in [0.4, 0.5) is 18.9 Å². The molecule has 1 N–H and O–H groups in total. The van der Waals surface area contributed by atoms with Crippen molar-refractivity contribution in [3.05, 3.63) is 77.1 Å². The first kappa shape index (κ1) is 23.9. The van der Waals surface area contributed by atoms with Gasteiger partial charge in [-0.05, 0) is 29.7 Å². The smallest absolute Gasteiger partial charge is 0.416 e. The summed E-state index contributed by atoms with van der Waals surface area (Å²) in [6, 6.07) is 16.4. The molecule has 6 nitrogen and oxygen atoms in total. The number of benzene rings is 3. The van der Waals surface area contributed by atoms with E-state index in [1.54, 1.807) is 11.6 Å². The maximum absolute atomic E-state index is 12.9. The van der Waals surface area contributed by atoms with Gasteiger partial charge in [-0.2, -0.15) is 13.2 Å². The maximum Gasteiger partial charge on any atom is 0.416 e. The van der Waals surface area contributed by atoms with E-state index in [-0.39, 0.29) is 23.1 Å². The summed E-state index contributed by atoms with van der Waals surface area (Å²) in [6.45, 7) is 0.171. The zero-order valence-electron chi connectivity index (χ0n) is 17.8. The second-order valence-electron chi connectivity index (χ2n) is 7.25. The van der Waals surface area contributed by atoms with E-state index >= 15 is 0 Å². The number of rotatable bonds is 7. The predicted octanol–water partition coefficient (Wildman–Crippen LogP) is 5.95. The third-order valence-electron chi connectivity index (χ3n) is 4.93. The minimum atomic E-state index is -4.54. The highest BCUT2D eigenvalue weighted by Crippen LogP contribution is 2.34. The Hall–Kier alpha value is -3.24. The van der Waals surface area contributed by atoms with E-state index in [4.69, 9.17) is 16.3 Å². The van der Waals surface area contributed by atoms with Gasteiger partial charge in [0.25, 0.3) is 0 Å². The Bertz CT molecular complexity index is 1340. The molecule has 1 amide bonds. The second-order valence-corrected chi connectivity index (χ2v) is 8.60. The van der Waals surface area contributed by atoms with Crippen molar-refractivity contribution in [2.24, 2.45) is 7.05 Å². The molecule has 3 aromatic carbocycles. The molecule has 1 aromatic heterocycles. The van der Waals surface area contributed by atoms with Crippen LogP contribution in [0.2, 0.25) is 5.02 Å². The minimum Gasteiger partial charge on any atom is -0.485 e. The topological polar surface area (TPSA) is 69.0 Å². The van der Waals surface area contributed by atoms with E-state index in [9.17, 15) is 18.0 Å². The Morgan fingerprint density at radius 1 is 1.12 bits per heavy atom. The summed E-state index contributed by atoms with van der Waals surface area (Å²) in [6.07, 6.45) is -4.54. The fourth-order valence-electron chi connectivity index (χ4n) is 3.17. The third kappa shape index (κ3) is 5.45. The van der Waals surface area contributed by atoms with Gasteiger partial charge in [-0.15, -0.1) is 10.2 Å². The summed E-state index contributed by atoms with van der Waals surface area (Å²) in [4.78, 5) is 12.3. The van der Waals surface area contributed by atoms with Gasteiger partial charge in [0.15, 0.2) is 11.0 Å². The molecule has 0 radical (unpaired) electrons. The van der Waals surface area contributed by atoms with Crippen LogP contribution in [-0.2, 0) is 24.6 Å². The first-order valence-electron chi connectivity index (χ1n) is 10.0. The predicted molar refractivity (Wildman–Crippen MR) is 125 cm³/mol. The fraction of sp³-hybridized carbons (Fsp3) is 0.174. The van der Waals surface area contributed by atoms with Crippen LogP contribution in [0.5, 0.6) is 5.75 Å². The maximum atomic E-state index is 12.9. The number of ether oxygens (including phenoxy) is 1. The lowest BCUT2D eigenvalue weighted by atomic mass is 10.1. The first-order chi connectivity index (χ1) is 16.2. The van der Waals surface area contributed by atoms with Crippen LogP contribution in [0.15, 0.2) is 65.8 Å². The van der Waals surface area contributed by atoms with Crippen LogP contribution in [0, 0.1) is 0 Å². The van der Waals surface area contributed by atoms with Crippen LogP contribution in [-0.4, -0.2) is 26.4 Å². The Balaban J connectivity index is 1.37. The summed E-state index contributed by atoms with van der Waals surface area (Å²) in [7, 11) is 1.74. The molecule has 0 saturated carbocycles. The average Bonchev–Trinajstić information content (AvgIpc) is 3.16. The van der Waals surface area contributed by atoms with E-state index in [1.807, 2.05) is 42.5 Å². The molecule has 0 fully saturated rings. The monoisotopic (exact) mass is 506 g/mol. The number of carbonyl (C=O) groups is 1. The average molecular weight is 507 g/mol. The van der Waals surface area contributed by atoms with E-state index in [2.05, 4.69) is 15.5 Å². The molecule has 34 heavy (non-hydrogen) atoms. The summed E-state index contributed by atoms with van der Waals surface area (Å²) in [5, 5.41) is 13.1. The number of aromatic nitrogens is 3. The van der Waals surface area contributed by atoms with Crippen molar-refractivity contribution < 1.29 is 22.7 Å². The SMILES string of the molecule is Cn1c(COc2cccc3ccccc23)nnc1SCC(=O)Nc1cc(C(F)(F)F)ccc1Cl. The quantitative estimate of drug-likeness (QED) is 0.314. The highest BCUT2D eigenvalue weighted by molar-refractivity contribution is 7.99. The molecule has 0 aliphatic heterocycles. The fourth-order valence-corrected chi connectivity index (χ4v) is 4.07. The van der Waals surface area contributed by atoms with E-state index < -0.39 is 17.6 Å². The van der Waals surface area contributed by atoms with E-state index in [1.165, 1.54) is 0 Å². The van der Waals surface area contributed by atoms with Gasteiger partial charge in [0.05, 0.1) is 22.0 Å². The first-order valence-corrected chi connectivity index (χ1v) is 11.4. The van der Waals surface area contributed by atoms with Crippen molar-refractivity contribution >= 4 is 45.7 Å². The zero-order valence-corrected chi connectivity index (χ0v) is 19.3. The molecular weight excluding hydrogens is 489 g/mol. The lowest BCUT2D eigenvalue weighted by Crippen LogP contribution is -2.16. The minimum absolute atomic E-state index is 0.0119. The van der Waals surface area contributed by atoms with Crippen LogP contribution in [0.3, 0.4) is 0 Å². The van der Waals surface area contributed by atoms with Crippen molar-refractivity contribution in [3.63, 3.8) is 0 Å². The number of nitrogens with one attached hydrogen (secondary N) is 1. The van der Waals surface area contributed by atoms with Gasteiger partial charge in [-0.25, -0.2) is 0 Å². The molecule has 0 unspecified atom stereocenters. The lowest BCUT2D eigenvalue weighted by molar-refractivity contribution is -0.137. The molecule has 0 aliphatic carbocycles. The van der Waals surface area contributed by atoms with Gasteiger partial charge in [0, 0.05) is 12.4 Å². The molecular formula is C23H18ClF3N4O2S. The zero-order chi connectivity index (χ0) is 24.3. The van der Waals surface area contributed by atoms with Gasteiger partial charge >= 0.3 is 6.18 Å². The number of nitrogens with zero attached hydrogens (tertiary/aromatic N) is 3. The van der Waals surface area contributed by atoms with Gasteiger partial charge in [0.2, 0.25) is 5.91 Å². The summed E-state index contributed by atoms with van der Waals surface area (Å²) < 4.78 is 46.4. The molecule has 1 heterocycles. The van der Waals surface area contributed by atoms with Crippen LogP contribution in [0.1, 0.15) is 11.4 Å². The number of carbonyl (C=O) groups excluding carboxylic acids is 1. The van der Waals surface area contributed by atoms with Gasteiger partial charge in [-0.1, -0.05) is 59.8 Å². The Kier molecular flexibility index (Phi) is 6.99. The molecule has 0 bridgehead atoms. The van der Waals surface area contributed by atoms with Crippen molar-refractivity contribution in [3.8, 4) is 5.75 Å². The van der Waals surface area contributed by atoms with Crippen molar-refractivity contribution in [2.45, 2.75) is 17.9 Å². The molecule has 176 valence electrons. The van der Waals surface area contributed by atoms with Crippen LogP contribution in [0.25, 0.3) is 10.8 Å². The Morgan fingerprint density at radius 3 is 2.68 bits per heavy atom.